The van der Waals surface area contributed by atoms with Gasteiger partial charge in [-0.2, -0.15) is 0 Å². The molecule has 2 aromatic carbocycles. The van der Waals surface area contributed by atoms with Crippen LogP contribution in [0.3, 0.4) is 0 Å². The van der Waals surface area contributed by atoms with Crippen LogP contribution in [0.4, 0.5) is 0 Å². The Morgan fingerprint density at radius 2 is 1.76 bits per heavy atom. The topological polar surface area (TPSA) is 39.2 Å². The molecular formula is C18H15NO2. The van der Waals surface area contributed by atoms with Crippen LogP contribution in [0.5, 0.6) is 5.75 Å². The Morgan fingerprint density at radius 3 is 2.62 bits per heavy atom. The van der Waals surface area contributed by atoms with Crippen molar-refractivity contribution in [2.45, 2.75) is 13.5 Å². The van der Waals surface area contributed by atoms with E-state index in [0.717, 1.165) is 16.6 Å². The Bertz CT molecular complexity index is 796. The summed E-state index contributed by atoms with van der Waals surface area (Å²) in [4.78, 5) is 16.1. The van der Waals surface area contributed by atoms with E-state index in [1.807, 2.05) is 48.5 Å². The quantitative estimate of drug-likeness (QED) is 0.676. The molecule has 0 saturated heterocycles. The number of benzene rings is 2. The average molecular weight is 277 g/mol. The molecule has 0 aliphatic heterocycles. The summed E-state index contributed by atoms with van der Waals surface area (Å²) in [7, 11) is 0. The Hall–Kier alpha value is -2.68. The molecule has 104 valence electrons. The number of aromatic nitrogens is 1. The van der Waals surface area contributed by atoms with Crippen LogP contribution in [-0.2, 0) is 6.61 Å². The molecule has 3 aromatic rings. The molecule has 1 aromatic heterocycles. The third kappa shape index (κ3) is 2.92. The first kappa shape index (κ1) is 13.3. The zero-order valence-electron chi connectivity index (χ0n) is 11.7. The van der Waals surface area contributed by atoms with Gasteiger partial charge in [0.25, 0.3) is 0 Å². The first-order valence-corrected chi connectivity index (χ1v) is 6.81. The number of para-hydroxylation sites is 2. The van der Waals surface area contributed by atoms with E-state index >= 15 is 0 Å². The molecule has 0 amide bonds. The minimum Gasteiger partial charge on any atom is -0.487 e. The minimum atomic E-state index is -0.00271. The summed E-state index contributed by atoms with van der Waals surface area (Å²) < 4.78 is 5.75. The fourth-order valence-electron chi connectivity index (χ4n) is 2.22. The fraction of sp³-hybridized carbons (Fsp3) is 0.111. The molecule has 0 bridgehead atoms. The predicted molar refractivity (Wildman–Crippen MR) is 82.5 cm³/mol. The lowest BCUT2D eigenvalue weighted by Gasteiger charge is -2.09. The number of nitrogens with zero attached hydrogens (tertiary/aromatic N) is 1. The maximum atomic E-state index is 11.6. The average Bonchev–Trinajstić information content (AvgIpc) is 2.53. The first-order valence-electron chi connectivity index (χ1n) is 6.81. The molecule has 0 N–H and O–H groups in total. The Balaban J connectivity index is 1.82. The van der Waals surface area contributed by atoms with E-state index in [0.29, 0.717) is 17.9 Å². The molecule has 0 fully saturated rings. The minimum absolute atomic E-state index is 0.00271. The Labute approximate surface area is 123 Å². The number of ether oxygens (including phenoxy) is 1. The highest BCUT2D eigenvalue weighted by Gasteiger charge is 2.08. The van der Waals surface area contributed by atoms with Gasteiger partial charge in [-0.05, 0) is 31.2 Å². The van der Waals surface area contributed by atoms with Gasteiger partial charge in [-0.3, -0.25) is 4.79 Å². The van der Waals surface area contributed by atoms with Crippen molar-refractivity contribution in [3.63, 3.8) is 0 Å². The highest BCUT2D eigenvalue weighted by molar-refractivity contribution is 5.96. The number of Topliss-reactive ketones (excluding diaryl/α,β-unsaturated/α-hetero) is 1. The van der Waals surface area contributed by atoms with E-state index in [2.05, 4.69) is 4.98 Å². The molecule has 0 radical (unpaired) electrons. The van der Waals surface area contributed by atoms with E-state index in [9.17, 15) is 4.79 Å². The fourth-order valence-corrected chi connectivity index (χ4v) is 2.22. The highest BCUT2D eigenvalue weighted by Crippen LogP contribution is 2.20. The van der Waals surface area contributed by atoms with Gasteiger partial charge < -0.3 is 4.74 Å². The van der Waals surface area contributed by atoms with Gasteiger partial charge in [-0.25, -0.2) is 4.98 Å². The summed E-state index contributed by atoms with van der Waals surface area (Å²) in [5.74, 6) is 0.594. The standard InChI is InChI=1S/C18H15NO2/c1-13(20)16-7-3-5-9-18(16)21-12-15-11-10-14-6-2-4-8-17(14)19-15/h2-11H,12H2,1H3. The van der Waals surface area contributed by atoms with Gasteiger partial charge in [-0.15, -0.1) is 0 Å². The van der Waals surface area contributed by atoms with Crippen molar-refractivity contribution >= 4 is 16.7 Å². The van der Waals surface area contributed by atoms with Gasteiger partial charge in [0, 0.05) is 5.39 Å². The van der Waals surface area contributed by atoms with Gasteiger partial charge in [0.1, 0.15) is 12.4 Å². The smallest absolute Gasteiger partial charge is 0.163 e. The zero-order valence-corrected chi connectivity index (χ0v) is 11.7. The lowest BCUT2D eigenvalue weighted by Crippen LogP contribution is -2.02. The van der Waals surface area contributed by atoms with Gasteiger partial charge in [-0.1, -0.05) is 36.4 Å². The van der Waals surface area contributed by atoms with Crippen molar-refractivity contribution in [3.8, 4) is 5.75 Å². The lowest BCUT2D eigenvalue weighted by atomic mass is 10.1. The maximum absolute atomic E-state index is 11.6. The third-order valence-electron chi connectivity index (χ3n) is 3.30. The van der Waals surface area contributed by atoms with Crippen LogP contribution in [0.2, 0.25) is 0 Å². The second-order valence-corrected chi connectivity index (χ2v) is 4.84. The van der Waals surface area contributed by atoms with Gasteiger partial charge in [0.15, 0.2) is 5.78 Å². The molecule has 3 heteroatoms. The molecule has 1 heterocycles. The molecule has 3 rings (SSSR count). The lowest BCUT2D eigenvalue weighted by molar-refractivity contribution is 0.101. The number of carbonyl (C=O) groups is 1. The molecule has 0 aliphatic rings. The normalized spacial score (nSPS) is 10.5. The van der Waals surface area contributed by atoms with Crippen LogP contribution < -0.4 is 4.74 Å². The number of carbonyl (C=O) groups excluding carboxylic acids is 1. The van der Waals surface area contributed by atoms with Crippen molar-refractivity contribution in [2.75, 3.05) is 0 Å². The summed E-state index contributed by atoms with van der Waals surface area (Å²) >= 11 is 0. The summed E-state index contributed by atoms with van der Waals surface area (Å²) in [6, 6.07) is 19.2. The second kappa shape index (κ2) is 5.75. The molecule has 0 unspecified atom stereocenters. The molecule has 3 nitrogen and oxygen atoms in total. The second-order valence-electron chi connectivity index (χ2n) is 4.84. The number of pyridine rings is 1. The molecule has 0 aliphatic carbocycles. The summed E-state index contributed by atoms with van der Waals surface area (Å²) in [5.41, 5.74) is 2.38. The monoisotopic (exact) mass is 277 g/mol. The number of hydrogen-bond acceptors (Lipinski definition) is 3. The van der Waals surface area contributed by atoms with Crippen molar-refractivity contribution in [1.82, 2.24) is 4.98 Å². The number of fused-ring (bicyclic) bond motifs is 1. The van der Waals surface area contributed by atoms with Crippen LogP contribution in [-0.4, -0.2) is 10.8 Å². The van der Waals surface area contributed by atoms with Crippen LogP contribution in [0.15, 0.2) is 60.7 Å². The van der Waals surface area contributed by atoms with Crippen molar-refractivity contribution in [2.24, 2.45) is 0 Å². The number of ketones is 1. The summed E-state index contributed by atoms with van der Waals surface area (Å²) in [6.45, 7) is 1.88. The van der Waals surface area contributed by atoms with Crippen LogP contribution >= 0.6 is 0 Å². The van der Waals surface area contributed by atoms with E-state index < -0.39 is 0 Å². The largest absolute Gasteiger partial charge is 0.487 e. The molecule has 0 spiro atoms. The third-order valence-corrected chi connectivity index (χ3v) is 3.30. The van der Waals surface area contributed by atoms with E-state index in [1.165, 1.54) is 6.92 Å². The Kier molecular flexibility index (Phi) is 3.65. The van der Waals surface area contributed by atoms with Gasteiger partial charge in [0.2, 0.25) is 0 Å². The number of rotatable bonds is 4. The molecular weight excluding hydrogens is 262 g/mol. The van der Waals surface area contributed by atoms with Crippen LogP contribution in [0.1, 0.15) is 23.0 Å². The van der Waals surface area contributed by atoms with Crippen molar-refractivity contribution < 1.29 is 9.53 Å². The summed E-state index contributed by atoms with van der Waals surface area (Å²) in [6.07, 6.45) is 0. The van der Waals surface area contributed by atoms with Crippen molar-refractivity contribution in [3.05, 3.63) is 71.9 Å². The van der Waals surface area contributed by atoms with Crippen LogP contribution in [0.25, 0.3) is 10.9 Å². The maximum Gasteiger partial charge on any atom is 0.163 e. The molecule has 21 heavy (non-hydrogen) atoms. The van der Waals surface area contributed by atoms with E-state index in [1.54, 1.807) is 12.1 Å². The SMILES string of the molecule is CC(=O)c1ccccc1OCc1ccc2ccccc2n1. The highest BCUT2D eigenvalue weighted by atomic mass is 16.5. The summed E-state index contributed by atoms with van der Waals surface area (Å²) in [5, 5.41) is 1.10. The van der Waals surface area contributed by atoms with Crippen LogP contribution in [0, 0.1) is 0 Å². The van der Waals surface area contributed by atoms with E-state index in [-0.39, 0.29) is 5.78 Å². The zero-order chi connectivity index (χ0) is 14.7. The van der Waals surface area contributed by atoms with Gasteiger partial charge in [0.05, 0.1) is 16.8 Å². The van der Waals surface area contributed by atoms with Crippen molar-refractivity contribution in [1.29, 1.82) is 0 Å². The Morgan fingerprint density at radius 1 is 1.00 bits per heavy atom. The number of hydrogen-bond donors (Lipinski definition) is 0. The molecule has 0 saturated carbocycles. The predicted octanol–water partition coefficient (Wildman–Crippen LogP) is 4.02. The van der Waals surface area contributed by atoms with E-state index in [4.69, 9.17) is 4.74 Å². The molecule has 0 atom stereocenters. The van der Waals surface area contributed by atoms with Gasteiger partial charge >= 0.3 is 0 Å². The first-order chi connectivity index (χ1) is 10.2.